The van der Waals surface area contributed by atoms with Crippen molar-refractivity contribution in [1.82, 2.24) is 10.2 Å². The van der Waals surface area contributed by atoms with Crippen LogP contribution in [0.1, 0.15) is 28.8 Å². The summed E-state index contributed by atoms with van der Waals surface area (Å²) in [5.41, 5.74) is 0.872. The van der Waals surface area contributed by atoms with Gasteiger partial charge in [-0.1, -0.05) is 30.3 Å². The van der Waals surface area contributed by atoms with Crippen LogP contribution in [0.25, 0.3) is 10.8 Å². The van der Waals surface area contributed by atoms with Crippen molar-refractivity contribution < 1.29 is 9.53 Å². The Morgan fingerprint density at radius 3 is 2.92 bits per heavy atom. The van der Waals surface area contributed by atoms with E-state index in [9.17, 15) is 10.1 Å². The van der Waals surface area contributed by atoms with Crippen LogP contribution < -0.4 is 10.1 Å². The molecule has 1 amide bonds. The highest BCUT2D eigenvalue weighted by molar-refractivity contribution is 6.05. The van der Waals surface area contributed by atoms with Crippen LogP contribution in [0.2, 0.25) is 0 Å². The molecular formula is C21H23N3O2. The molecule has 3 rings (SSSR count). The fraction of sp³-hybridized carbons (Fsp3) is 0.333. The van der Waals surface area contributed by atoms with Crippen LogP contribution in [0.3, 0.4) is 0 Å². The fourth-order valence-electron chi connectivity index (χ4n) is 3.67. The minimum atomic E-state index is -0.213. The number of nitriles is 1. The van der Waals surface area contributed by atoms with Crippen LogP contribution in [-0.2, 0) is 0 Å². The molecule has 26 heavy (non-hydrogen) atoms. The summed E-state index contributed by atoms with van der Waals surface area (Å²) < 4.78 is 5.52. The van der Waals surface area contributed by atoms with E-state index < -0.39 is 0 Å². The first kappa shape index (κ1) is 18.0. The number of hydrogen-bond donors (Lipinski definition) is 1. The van der Waals surface area contributed by atoms with E-state index >= 15 is 0 Å². The van der Waals surface area contributed by atoms with Crippen LogP contribution in [0.15, 0.2) is 43.0 Å². The Bertz CT molecular complexity index is 869. The molecule has 2 aromatic rings. The number of amides is 1. The first-order chi connectivity index (χ1) is 12.7. The summed E-state index contributed by atoms with van der Waals surface area (Å²) in [6.07, 6.45) is 4.09. The number of ether oxygens (including phenoxy) is 1. The molecule has 0 aliphatic carbocycles. The standard InChI is InChI=1S/C21H23N3O2/c1-3-10-24-11-6-7-16(24)14-23-21(25)19-12-15(13-22)17-8-4-5-9-18(17)20(19)26-2/h3-5,8-9,12,16H,1,6-7,10-11,14H2,2H3,(H,23,25). The molecule has 1 fully saturated rings. The minimum Gasteiger partial charge on any atom is -0.495 e. The number of nitrogens with one attached hydrogen (secondary N) is 1. The number of fused-ring (bicyclic) bond motifs is 1. The molecular weight excluding hydrogens is 326 g/mol. The van der Waals surface area contributed by atoms with Gasteiger partial charge in [-0.3, -0.25) is 9.69 Å². The lowest BCUT2D eigenvalue weighted by Gasteiger charge is -2.23. The van der Waals surface area contributed by atoms with Crippen molar-refractivity contribution in [3.63, 3.8) is 0 Å². The Hall–Kier alpha value is -2.84. The summed E-state index contributed by atoms with van der Waals surface area (Å²) in [4.78, 5) is 15.1. The van der Waals surface area contributed by atoms with Crippen LogP contribution in [0.4, 0.5) is 0 Å². The molecule has 0 bridgehead atoms. The molecule has 2 aromatic carbocycles. The second-order valence-corrected chi connectivity index (χ2v) is 6.45. The number of methoxy groups -OCH3 is 1. The lowest BCUT2D eigenvalue weighted by molar-refractivity contribution is 0.0939. The Morgan fingerprint density at radius 1 is 1.46 bits per heavy atom. The van der Waals surface area contributed by atoms with Crippen LogP contribution in [0, 0.1) is 11.3 Å². The summed E-state index contributed by atoms with van der Waals surface area (Å²) >= 11 is 0. The van der Waals surface area contributed by atoms with E-state index in [0.717, 1.165) is 36.7 Å². The Kier molecular flexibility index (Phi) is 5.55. The maximum Gasteiger partial charge on any atom is 0.255 e. The second-order valence-electron chi connectivity index (χ2n) is 6.45. The normalized spacial score (nSPS) is 17.0. The van der Waals surface area contributed by atoms with Crippen molar-refractivity contribution in [2.75, 3.05) is 26.7 Å². The summed E-state index contributed by atoms with van der Waals surface area (Å²) in [6, 6.07) is 11.6. The van der Waals surface area contributed by atoms with Crippen molar-refractivity contribution in [1.29, 1.82) is 5.26 Å². The molecule has 0 aromatic heterocycles. The zero-order valence-electron chi connectivity index (χ0n) is 15.0. The van der Waals surface area contributed by atoms with E-state index in [1.165, 1.54) is 0 Å². The topological polar surface area (TPSA) is 65.4 Å². The van der Waals surface area contributed by atoms with Gasteiger partial charge in [0.1, 0.15) is 5.75 Å². The van der Waals surface area contributed by atoms with Gasteiger partial charge in [0, 0.05) is 29.9 Å². The van der Waals surface area contributed by atoms with E-state index in [2.05, 4.69) is 22.9 Å². The van der Waals surface area contributed by atoms with E-state index in [1.807, 2.05) is 30.3 Å². The summed E-state index contributed by atoms with van der Waals surface area (Å²) in [5.74, 6) is 0.293. The van der Waals surface area contributed by atoms with Gasteiger partial charge in [-0.25, -0.2) is 0 Å². The molecule has 1 aliphatic rings. The monoisotopic (exact) mass is 349 g/mol. The average Bonchev–Trinajstić information content (AvgIpc) is 3.12. The van der Waals surface area contributed by atoms with E-state index in [1.54, 1.807) is 13.2 Å². The predicted octanol–water partition coefficient (Wildman–Crippen LogP) is 3.10. The molecule has 1 heterocycles. The van der Waals surface area contributed by atoms with E-state index in [-0.39, 0.29) is 5.91 Å². The second kappa shape index (κ2) is 8.03. The number of nitrogens with zero attached hydrogens (tertiary/aromatic N) is 2. The first-order valence-electron chi connectivity index (χ1n) is 8.82. The van der Waals surface area contributed by atoms with Gasteiger partial charge in [0.2, 0.25) is 0 Å². The fourth-order valence-corrected chi connectivity index (χ4v) is 3.67. The van der Waals surface area contributed by atoms with Crippen molar-refractivity contribution in [3.8, 4) is 11.8 Å². The van der Waals surface area contributed by atoms with Gasteiger partial charge in [0.15, 0.2) is 0 Å². The van der Waals surface area contributed by atoms with Crippen molar-refractivity contribution >= 4 is 16.7 Å². The zero-order chi connectivity index (χ0) is 18.5. The minimum absolute atomic E-state index is 0.213. The molecule has 1 aliphatic heterocycles. The highest BCUT2D eigenvalue weighted by Gasteiger charge is 2.25. The third-order valence-electron chi connectivity index (χ3n) is 4.93. The Labute approximate surface area is 153 Å². The summed E-state index contributed by atoms with van der Waals surface area (Å²) in [5, 5.41) is 14.0. The van der Waals surface area contributed by atoms with Crippen molar-refractivity contribution in [3.05, 3.63) is 54.1 Å². The van der Waals surface area contributed by atoms with E-state index in [0.29, 0.717) is 29.5 Å². The summed E-state index contributed by atoms with van der Waals surface area (Å²) in [7, 11) is 1.55. The number of carbonyl (C=O) groups excluding carboxylic acids is 1. The van der Waals surface area contributed by atoms with Gasteiger partial charge in [0.05, 0.1) is 24.3 Å². The molecule has 1 atom stereocenters. The quantitative estimate of drug-likeness (QED) is 0.814. The third-order valence-corrected chi connectivity index (χ3v) is 4.93. The molecule has 5 nitrogen and oxygen atoms in total. The van der Waals surface area contributed by atoms with Crippen LogP contribution >= 0.6 is 0 Å². The maximum absolute atomic E-state index is 12.8. The third kappa shape index (κ3) is 3.42. The van der Waals surface area contributed by atoms with Gasteiger partial charge < -0.3 is 10.1 Å². The van der Waals surface area contributed by atoms with Crippen LogP contribution in [-0.4, -0.2) is 43.6 Å². The zero-order valence-corrected chi connectivity index (χ0v) is 15.0. The molecule has 0 saturated carbocycles. The molecule has 134 valence electrons. The molecule has 1 N–H and O–H groups in total. The van der Waals surface area contributed by atoms with Crippen molar-refractivity contribution in [2.45, 2.75) is 18.9 Å². The average molecular weight is 349 g/mol. The number of rotatable bonds is 6. The maximum atomic E-state index is 12.8. The lowest BCUT2D eigenvalue weighted by Crippen LogP contribution is -2.40. The lowest BCUT2D eigenvalue weighted by atomic mass is 9.99. The summed E-state index contributed by atoms with van der Waals surface area (Å²) in [6.45, 7) is 6.23. The van der Waals surface area contributed by atoms with Crippen molar-refractivity contribution in [2.24, 2.45) is 0 Å². The smallest absolute Gasteiger partial charge is 0.255 e. The van der Waals surface area contributed by atoms with Gasteiger partial charge in [-0.15, -0.1) is 6.58 Å². The molecule has 0 spiro atoms. The van der Waals surface area contributed by atoms with Gasteiger partial charge in [-0.2, -0.15) is 5.26 Å². The van der Waals surface area contributed by atoms with Gasteiger partial charge in [0.25, 0.3) is 5.91 Å². The SMILES string of the molecule is C=CCN1CCCC1CNC(=O)c1cc(C#N)c2ccccc2c1OC. The number of benzene rings is 2. The Morgan fingerprint density at radius 2 is 2.23 bits per heavy atom. The molecule has 1 saturated heterocycles. The Balaban J connectivity index is 1.86. The van der Waals surface area contributed by atoms with Crippen LogP contribution in [0.5, 0.6) is 5.75 Å². The molecule has 1 unspecified atom stereocenters. The predicted molar refractivity (Wildman–Crippen MR) is 102 cm³/mol. The highest BCUT2D eigenvalue weighted by atomic mass is 16.5. The largest absolute Gasteiger partial charge is 0.495 e. The molecule has 5 heteroatoms. The molecule has 0 radical (unpaired) electrons. The van der Waals surface area contributed by atoms with E-state index in [4.69, 9.17) is 4.74 Å². The van der Waals surface area contributed by atoms with Gasteiger partial charge >= 0.3 is 0 Å². The van der Waals surface area contributed by atoms with Gasteiger partial charge in [-0.05, 0) is 25.5 Å². The number of hydrogen-bond acceptors (Lipinski definition) is 4. The first-order valence-corrected chi connectivity index (χ1v) is 8.82. The number of likely N-dealkylation sites (tertiary alicyclic amines) is 1. The highest BCUT2D eigenvalue weighted by Crippen LogP contribution is 2.32. The number of carbonyl (C=O) groups is 1.